The van der Waals surface area contributed by atoms with Gasteiger partial charge in [0.15, 0.2) is 6.61 Å². The first-order valence-electron chi connectivity index (χ1n) is 14.0. The third-order valence-corrected chi connectivity index (χ3v) is 7.74. The predicted octanol–water partition coefficient (Wildman–Crippen LogP) is 9.21. The largest absolute Gasteiger partial charge is 0.482 e. The second-order valence-electron chi connectivity index (χ2n) is 10.9. The third kappa shape index (κ3) is 7.47. The number of aryl methyl sites for hydroxylation is 2. The Balaban J connectivity index is 1.74. The van der Waals surface area contributed by atoms with Gasteiger partial charge in [0.05, 0.1) is 12.2 Å². The number of benzene rings is 3. The molecule has 0 radical (unpaired) electrons. The summed E-state index contributed by atoms with van der Waals surface area (Å²) in [5.74, 6) is 0.989. The van der Waals surface area contributed by atoms with Gasteiger partial charge in [0.1, 0.15) is 17.2 Å². The maximum absolute atomic E-state index is 11.4. The van der Waals surface area contributed by atoms with E-state index >= 15 is 0 Å². The van der Waals surface area contributed by atoms with Crippen LogP contribution in [-0.2, 0) is 9.53 Å². The quantitative estimate of drug-likeness (QED) is 0.236. The van der Waals surface area contributed by atoms with E-state index in [-0.39, 0.29) is 24.0 Å². The molecule has 1 fully saturated rings. The maximum atomic E-state index is 11.4. The average molecular weight is 563 g/mol. The van der Waals surface area contributed by atoms with Crippen molar-refractivity contribution in [3.05, 3.63) is 100 Å². The number of unbranched alkanes of at least 4 members (excludes halogenated alkanes) is 1. The average Bonchev–Trinajstić information content (AvgIpc) is 2.90. The van der Waals surface area contributed by atoms with Crippen LogP contribution in [0.4, 0.5) is 0 Å². The molecule has 0 bridgehead atoms. The summed E-state index contributed by atoms with van der Waals surface area (Å²) in [7, 11) is 0. The molecular formula is C34H39ClO5. The highest BCUT2D eigenvalue weighted by Gasteiger charge is 2.40. The molecule has 1 aliphatic rings. The second kappa shape index (κ2) is 13.4. The fraction of sp³-hybridized carbons (Fsp3) is 0.382. The van der Waals surface area contributed by atoms with Gasteiger partial charge in [0, 0.05) is 22.4 Å². The van der Waals surface area contributed by atoms with Gasteiger partial charge in [0.25, 0.3) is 0 Å². The molecule has 0 aliphatic carbocycles. The molecule has 3 aromatic carbocycles. The lowest BCUT2D eigenvalue weighted by Crippen LogP contribution is -2.36. The molecule has 1 aliphatic heterocycles. The molecule has 0 unspecified atom stereocenters. The van der Waals surface area contributed by atoms with Crippen LogP contribution in [-0.4, -0.2) is 23.8 Å². The van der Waals surface area contributed by atoms with Gasteiger partial charge in [0.2, 0.25) is 0 Å². The molecular weight excluding hydrogens is 524 g/mol. The highest BCUT2D eigenvalue weighted by Crippen LogP contribution is 2.50. The Morgan fingerprint density at radius 3 is 2.38 bits per heavy atom. The molecule has 40 heavy (non-hydrogen) atoms. The van der Waals surface area contributed by atoms with Crippen LogP contribution >= 0.6 is 11.6 Å². The van der Waals surface area contributed by atoms with E-state index in [2.05, 4.69) is 31.7 Å². The lowest BCUT2D eigenvalue weighted by Gasteiger charge is -2.43. The summed E-state index contributed by atoms with van der Waals surface area (Å²) in [6, 6.07) is 19.6. The van der Waals surface area contributed by atoms with E-state index in [1.54, 1.807) is 6.07 Å². The minimum Gasteiger partial charge on any atom is -0.482 e. The van der Waals surface area contributed by atoms with Crippen molar-refractivity contribution in [1.29, 1.82) is 0 Å². The van der Waals surface area contributed by atoms with Crippen molar-refractivity contribution in [2.75, 3.05) is 6.61 Å². The highest BCUT2D eigenvalue weighted by atomic mass is 35.5. The molecule has 4 atom stereocenters. The van der Waals surface area contributed by atoms with E-state index in [0.29, 0.717) is 16.5 Å². The number of aliphatic carboxylic acids is 1. The fourth-order valence-corrected chi connectivity index (χ4v) is 5.75. The molecule has 1 heterocycles. The van der Waals surface area contributed by atoms with Crippen LogP contribution in [0.5, 0.6) is 17.2 Å². The first kappa shape index (κ1) is 29.7. The van der Waals surface area contributed by atoms with Crippen LogP contribution in [0.2, 0.25) is 5.02 Å². The van der Waals surface area contributed by atoms with Crippen molar-refractivity contribution >= 4 is 17.6 Å². The molecule has 0 spiro atoms. The van der Waals surface area contributed by atoms with Crippen molar-refractivity contribution in [1.82, 2.24) is 0 Å². The fourth-order valence-electron chi connectivity index (χ4n) is 5.62. The summed E-state index contributed by atoms with van der Waals surface area (Å²) in [5.41, 5.74) is 5.20. The lowest BCUT2D eigenvalue weighted by atomic mass is 9.74. The zero-order valence-corrected chi connectivity index (χ0v) is 24.5. The van der Waals surface area contributed by atoms with Crippen LogP contribution in [0.1, 0.15) is 73.8 Å². The predicted molar refractivity (Wildman–Crippen MR) is 160 cm³/mol. The Morgan fingerprint density at radius 1 is 1.05 bits per heavy atom. The van der Waals surface area contributed by atoms with Crippen LogP contribution in [0.15, 0.2) is 72.8 Å². The first-order chi connectivity index (χ1) is 19.1. The lowest BCUT2D eigenvalue weighted by molar-refractivity contribution is -0.139. The summed E-state index contributed by atoms with van der Waals surface area (Å²) in [5, 5.41) is 10.0. The summed E-state index contributed by atoms with van der Waals surface area (Å²) >= 11 is 6.20. The van der Waals surface area contributed by atoms with Gasteiger partial charge in [-0.1, -0.05) is 61.7 Å². The Morgan fingerprint density at radius 2 is 1.75 bits per heavy atom. The highest BCUT2D eigenvalue weighted by molar-refractivity contribution is 6.30. The molecule has 1 N–H and O–H groups in total. The van der Waals surface area contributed by atoms with Crippen molar-refractivity contribution in [3.8, 4) is 17.2 Å². The molecule has 6 heteroatoms. The number of ether oxygens (including phenoxy) is 3. The standard InChI is InChI=1S/C34H39ClO5/c1-6-7-8-32-29(24-9-11-25(35)12-10-24)19-28(21(2)3)34(40-32)30-18-26(13-14-31(30)38-20-33(36)37)39-27-16-22(4)15-23(5)17-27/h9-18,28-29,32,34H,2,6-8,19-20H2,1,3-5H3,(H,36,37)/t28-,29-,32+,34+/m0/s1. The number of carbonyl (C=O) groups is 1. The maximum Gasteiger partial charge on any atom is 0.341 e. The number of hydrogen-bond donors (Lipinski definition) is 1. The third-order valence-electron chi connectivity index (χ3n) is 7.49. The van der Waals surface area contributed by atoms with Crippen molar-refractivity contribution in [3.63, 3.8) is 0 Å². The van der Waals surface area contributed by atoms with Gasteiger partial charge >= 0.3 is 5.97 Å². The van der Waals surface area contributed by atoms with E-state index in [1.807, 2.05) is 57.2 Å². The Hall–Kier alpha value is -3.28. The van der Waals surface area contributed by atoms with E-state index in [9.17, 15) is 9.90 Å². The van der Waals surface area contributed by atoms with Gasteiger partial charge in [-0.05, 0) is 92.8 Å². The monoisotopic (exact) mass is 562 g/mol. The molecule has 1 saturated heterocycles. The van der Waals surface area contributed by atoms with E-state index in [1.165, 1.54) is 5.56 Å². The molecule has 212 valence electrons. The molecule has 0 aromatic heterocycles. The van der Waals surface area contributed by atoms with E-state index < -0.39 is 12.6 Å². The minimum absolute atomic E-state index is 0.0119. The van der Waals surface area contributed by atoms with E-state index in [0.717, 1.165) is 53.7 Å². The van der Waals surface area contributed by atoms with Crippen LogP contribution in [0.25, 0.3) is 0 Å². The van der Waals surface area contributed by atoms with Crippen molar-refractivity contribution in [2.45, 2.75) is 71.5 Å². The Bertz CT molecular complexity index is 1310. The smallest absolute Gasteiger partial charge is 0.341 e. The van der Waals surface area contributed by atoms with Crippen molar-refractivity contribution < 1.29 is 24.1 Å². The zero-order chi connectivity index (χ0) is 28.8. The second-order valence-corrected chi connectivity index (χ2v) is 11.3. The number of carboxylic acid groups (broad SMARTS) is 1. The normalized spacial score (nSPS) is 20.6. The molecule has 5 nitrogen and oxygen atoms in total. The zero-order valence-electron chi connectivity index (χ0n) is 23.8. The van der Waals surface area contributed by atoms with Gasteiger partial charge in [-0.2, -0.15) is 0 Å². The van der Waals surface area contributed by atoms with Gasteiger partial charge in [-0.15, -0.1) is 0 Å². The topological polar surface area (TPSA) is 65.0 Å². The number of carboxylic acids is 1. The number of rotatable bonds is 11. The van der Waals surface area contributed by atoms with Crippen LogP contribution in [0.3, 0.4) is 0 Å². The Kier molecular flexibility index (Phi) is 9.94. The number of hydrogen-bond acceptors (Lipinski definition) is 4. The van der Waals surface area contributed by atoms with Gasteiger partial charge in [-0.3, -0.25) is 0 Å². The summed E-state index contributed by atoms with van der Waals surface area (Å²) in [6.07, 6.45) is 3.46. The van der Waals surface area contributed by atoms with Crippen LogP contribution < -0.4 is 9.47 Å². The SMILES string of the molecule is C=C(C)[C@@H]1C[C@@H](c2ccc(Cl)cc2)[C@@H](CCCC)O[C@H]1c1cc(Oc2cc(C)cc(C)c2)ccc1OCC(=O)O. The number of halogens is 1. The molecule has 0 saturated carbocycles. The molecule has 3 aromatic rings. The van der Waals surface area contributed by atoms with E-state index in [4.69, 9.17) is 25.8 Å². The molecule has 0 amide bonds. The van der Waals surface area contributed by atoms with Gasteiger partial charge < -0.3 is 19.3 Å². The van der Waals surface area contributed by atoms with Gasteiger partial charge in [-0.25, -0.2) is 4.79 Å². The Labute approximate surface area is 242 Å². The minimum atomic E-state index is -1.04. The van der Waals surface area contributed by atoms with Crippen LogP contribution in [0, 0.1) is 19.8 Å². The summed E-state index contributed by atoms with van der Waals surface area (Å²) < 4.78 is 19.0. The molecule has 4 rings (SSSR count). The first-order valence-corrected chi connectivity index (χ1v) is 14.3. The van der Waals surface area contributed by atoms with Crippen molar-refractivity contribution in [2.24, 2.45) is 5.92 Å². The summed E-state index contributed by atoms with van der Waals surface area (Å²) in [4.78, 5) is 11.4. The summed E-state index contributed by atoms with van der Waals surface area (Å²) in [6.45, 7) is 12.2.